The molecule has 124 valence electrons. The van der Waals surface area contributed by atoms with Crippen LogP contribution in [0.15, 0.2) is 15.8 Å². The molecular formula is C10H12ClF2N2O6P. The minimum absolute atomic E-state index is 0.319. The van der Waals surface area contributed by atoms with Crippen molar-refractivity contribution in [2.75, 3.05) is 0 Å². The highest BCUT2D eigenvalue weighted by Gasteiger charge is 2.42. The van der Waals surface area contributed by atoms with E-state index >= 15 is 0 Å². The van der Waals surface area contributed by atoms with Crippen LogP contribution in [0.25, 0.3) is 0 Å². The minimum atomic E-state index is -5.00. The molecule has 0 spiro atoms. The first kappa shape index (κ1) is 17.3. The van der Waals surface area contributed by atoms with E-state index in [1.54, 1.807) is 0 Å². The molecule has 12 heteroatoms. The van der Waals surface area contributed by atoms with E-state index in [2.05, 4.69) is 0 Å². The number of alkyl halides is 2. The number of ether oxygens (including phenoxy) is 1. The average Bonchev–Trinajstić information content (AvgIpc) is 2.74. The lowest BCUT2D eigenvalue weighted by Gasteiger charge is -2.18. The van der Waals surface area contributed by atoms with Crippen molar-refractivity contribution in [3.63, 3.8) is 0 Å². The fourth-order valence-electron chi connectivity index (χ4n) is 2.07. The predicted octanol–water partition coefficient (Wildman–Crippen LogP) is 0.679. The maximum Gasteiger partial charge on any atom is 0.359 e. The summed E-state index contributed by atoms with van der Waals surface area (Å²) in [6.07, 6.45) is -4.56. The highest BCUT2D eigenvalue weighted by atomic mass is 35.5. The third-order valence-electron chi connectivity index (χ3n) is 3.19. The lowest BCUT2D eigenvalue weighted by Crippen LogP contribution is -2.32. The second-order valence-corrected chi connectivity index (χ2v) is 6.93. The van der Waals surface area contributed by atoms with Gasteiger partial charge in [-0.05, 0) is 0 Å². The van der Waals surface area contributed by atoms with E-state index in [9.17, 15) is 22.9 Å². The molecule has 1 saturated heterocycles. The van der Waals surface area contributed by atoms with E-state index < -0.39 is 49.7 Å². The van der Waals surface area contributed by atoms with Crippen LogP contribution in [-0.2, 0) is 9.30 Å². The van der Waals surface area contributed by atoms with E-state index in [1.807, 2.05) is 4.98 Å². The number of hydrogen-bond donors (Lipinski definition) is 3. The van der Waals surface area contributed by atoms with Crippen molar-refractivity contribution in [3.8, 4) is 0 Å². The van der Waals surface area contributed by atoms with Crippen molar-refractivity contribution >= 4 is 19.2 Å². The molecule has 0 radical (unpaired) electrons. The fraction of sp³-hybridized carbons (Fsp3) is 0.600. The van der Waals surface area contributed by atoms with Gasteiger partial charge in [-0.3, -0.25) is 18.9 Å². The molecule has 3 N–H and O–H groups in total. The van der Waals surface area contributed by atoms with Crippen LogP contribution < -0.4 is 11.2 Å². The summed E-state index contributed by atoms with van der Waals surface area (Å²) in [5, 5.41) is -0.319. The van der Waals surface area contributed by atoms with Gasteiger partial charge in [0.1, 0.15) is 17.4 Å². The molecule has 8 nitrogen and oxygen atoms in total. The fourth-order valence-corrected chi connectivity index (χ4v) is 2.71. The van der Waals surface area contributed by atoms with Gasteiger partial charge in [-0.15, -0.1) is 0 Å². The van der Waals surface area contributed by atoms with E-state index in [1.165, 1.54) is 0 Å². The SMILES string of the molecule is O=c1[nH]c(=O)n([C@H]2C[C@H](F)[C@@H](CC(F)P(=O)(O)O)O2)cc1Cl. The lowest BCUT2D eigenvalue weighted by atomic mass is 10.1. The molecule has 2 rings (SSSR count). The van der Waals surface area contributed by atoms with Gasteiger partial charge in [0.2, 0.25) is 5.91 Å². The van der Waals surface area contributed by atoms with Gasteiger partial charge in [0.05, 0.1) is 6.10 Å². The molecule has 1 fully saturated rings. The molecular weight excluding hydrogens is 349 g/mol. The van der Waals surface area contributed by atoms with Gasteiger partial charge >= 0.3 is 13.3 Å². The maximum atomic E-state index is 13.8. The van der Waals surface area contributed by atoms with Crippen LogP contribution in [0.4, 0.5) is 8.78 Å². The third-order valence-corrected chi connectivity index (χ3v) is 4.40. The highest BCUT2D eigenvalue weighted by molar-refractivity contribution is 7.52. The Balaban J connectivity index is 2.18. The minimum Gasteiger partial charge on any atom is -0.351 e. The number of halogens is 3. The van der Waals surface area contributed by atoms with Crippen molar-refractivity contribution in [1.29, 1.82) is 0 Å². The summed E-state index contributed by atoms with van der Waals surface area (Å²) >= 11 is 5.57. The van der Waals surface area contributed by atoms with E-state index in [0.717, 1.165) is 10.8 Å². The number of hydrogen-bond acceptors (Lipinski definition) is 4. The first-order chi connectivity index (χ1) is 10.1. The summed E-state index contributed by atoms with van der Waals surface area (Å²) in [5.74, 6) is -2.56. The zero-order chi connectivity index (χ0) is 16.7. The molecule has 0 aliphatic carbocycles. The van der Waals surface area contributed by atoms with Gasteiger partial charge in [-0.25, -0.2) is 13.6 Å². The van der Waals surface area contributed by atoms with Crippen LogP contribution in [0, 0.1) is 0 Å². The molecule has 2 heterocycles. The molecule has 4 atom stereocenters. The molecule has 0 aromatic carbocycles. The second-order valence-electron chi connectivity index (χ2n) is 4.78. The number of aromatic nitrogens is 2. The summed E-state index contributed by atoms with van der Waals surface area (Å²) in [6, 6.07) is 0. The molecule has 0 saturated carbocycles. The van der Waals surface area contributed by atoms with Crippen molar-refractivity contribution < 1.29 is 27.9 Å². The Morgan fingerprint density at radius 2 is 2.18 bits per heavy atom. The van der Waals surface area contributed by atoms with Gasteiger partial charge in [0.25, 0.3) is 5.56 Å². The number of H-pyrrole nitrogens is 1. The summed E-state index contributed by atoms with van der Waals surface area (Å²) in [7, 11) is -5.00. The summed E-state index contributed by atoms with van der Waals surface area (Å²) in [5.41, 5.74) is -1.71. The zero-order valence-corrected chi connectivity index (χ0v) is 12.5. The Bertz CT molecular complexity index is 718. The van der Waals surface area contributed by atoms with Crippen molar-refractivity contribution in [3.05, 3.63) is 32.1 Å². The quantitative estimate of drug-likeness (QED) is 0.679. The molecule has 1 aliphatic rings. The summed E-state index contributed by atoms with van der Waals surface area (Å²) in [6.45, 7) is 0. The standard InChI is InChI=1S/C10H12ClF2N2O6P/c11-4-3-15(10(17)14-9(4)16)8-1-5(12)6(21-8)2-7(13)22(18,19)20/h3,5-8H,1-2H2,(H,14,16,17)(H2,18,19,20)/t5-,6+,7?,8+/m0/s1. The third kappa shape index (κ3) is 3.64. The number of nitrogens with one attached hydrogen (secondary N) is 1. The summed E-state index contributed by atoms with van der Waals surface area (Å²) in [4.78, 5) is 42.0. The van der Waals surface area contributed by atoms with Crippen LogP contribution >= 0.6 is 19.2 Å². The number of nitrogens with zero attached hydrogens (tertiary/aromatic N) is 1. The summed E-state index contributed by atoms with van der Waals surface area (Å²) < 4.78 is 43.8. The van der Waals surface area contributed by atoms with Crippen LogP contribution in [0.2, 0.25) is 5.02 Å². The predicted molar refractivity (Wildman–Crippen MR) is 71.3 cm³/mol. The first-order valence-electron chi connectivity index (χ1n) is 6.09. The van der Waals surface area contributed by atoms with Crippen molar-refractivity contribution in [1.82, 2.24) is 9.55 Å². The van der Waals surface area contributed by atoms with Gasteiger partial charge in [-0.2, -0.15) is 0 Å². The Morgan fingerprint density at radius 1 is 1.55 bits per heavy atom. The van der Waals surface area contributed by atoms with E-state index in [4.69, 9.17) is 26.1 Å². The van der Waals surface area contributed by atoms with Crippen molar-refractivity contribution in [2.45, 2.75) is 37.3 Å². The topological polar surface area (TPSA) is 122 Å². The molecule has 22 heavy (non-hydrogen) atoms. The zero-order valence-electron chi connectivity index (χ0n) is 10.9. The Hall–Kier alpha value is -1.06. The molecule has 1 unspecified atom stereocenters. The smallest absolute Gasteiger partial charge is 0.351 e. The molecule has 1 aromatic heterocycles. The monoisotopic (exact) mass is 360 g/mol. The largest absolute Gasteiger partial charge is 0.359 e. The van der Waals surface area contributed by atoms with Gasteiger partial charge in [0, 0.05) is 19.0 Å². The van der Waals surface area contributed by atoms with Crippen LogP contribution in [0.5, 0.6) is 0 Å². The molecule has 1 aromatic rings. The lowest BCUT2D eigenvalue weighted by molar-refractivity contribution is -0.0202. The maximum absolute atomic E-state index is 13.8. The van der Waals surface area contributed by atoms with Crippen LogP contribution in [0.3, 0.4) is 0 Å². The molecule has 0 bridgehead atoms. The Kier molecular flexibility index (Phi) is 4.88. The van der Waals surface area contributed by atoms with Gasteiger partial charge < -0.3 is 14.5 Å². The van der Waals surface area contributed by atoms with Crippen molar-refractivity contribution in [2.24, 2.45) is 0 Å². The number of aromatic amines is 1. The Labute approximate surface area is 126 Å². The molecule has 0 amide bonds. The molecule has 1 aliphatic heterocycles. The van der Waals surface area contributed by atoms with Gasteiger partial charge in [-0.1, -0.05) is 11.6 Å². The van der Waals surface area contributed by atoms with Crippen LogP contribution in [-0.4, -0.2) is 37.5 Å². The van der Waals surface area contributed by atoms with E-state index in [0.29, 0.717) is 0 Å². The van der Waals surface area contributed by atoms with Crippen LogP contribution in [0.1, 0.15) is 19.1 Å². The first-order valence-corrected chi connectivity index (χ1v) is 8.15. The normalized spacial score (nSPS) is 27.0. The van der Waals surface area contributed by atoms with E-state index in [-0.39, 0.29) is 11.4 Å². The Morgan fingerprint density at radius 3 is 2.77 bits per heavy atom. The second kappa shape index (κ2) is 6.21. The average molecular weight is 361 g/mol. The highest BCUT2D eigenvalue weighted by Crippen LogP contribution is 2.46. The number of rotatable bonds is 4. The van der Waals surface area contributed by atoms with Gasteiger partial charge in [0.15, 0.2) is 0 Å².